The highest BCUT2D eigenvalue weighted by atomic mass is 16.7. The van der Waals surface area contributed by atoms with Crippen LogP contribution in [0.1, 0.15) is 16.7 Å². The number of phenols is 1. The molecule has 2 aromatic rings. The van der Waals surface area contributed by atoms with Crippen LogP contribution in [0.2, 0.25) is 0 Å². The van der Waals surface area contributed by atoms with E-state index in [9.17, 15) is 5.11 Å². The van der Waals surface area contributed by atoms with E-state index in [1.54, 1.807) is 6.07 Å². The van der Waals surface area contributed by atoms with Gasteiger partial charge in [-0.2, -0.15) is 0 Å². The van der Waals surface area contributed by atoms with Crippen LogP contribution >= 0.6 is 0 Å². The van der Waals surface area contributed by atoms with Crippen LogP contribution in [-0.4, -0.2) is 11.9 Å². The highest BCUT2D eigenvalue weighted by Gasteiger charge is 2.16. The number of nitrogens with one attached hydrogen (secondary N) is 1. The normalized spacial score (nSPS) is 12.7. The number of benzene rings is 2. The minimum absolute atomic E-state index is 0.217. The second-order valence-electron chi connectivity index (χ2n) is 4.92. The van der Waals surface area contributed by atoms with Gasteiger partial charge in [0.15, 0.2) is 11.5 Å². The number of rotatable bonds is 4. The van der Waals surface area contributed by atoms with Crippen molar-refractivity contribution in [1.29, 1.82) is 0 Å². The first kappa shape index (κ1) is 12.8. The smallest absolute Gasteiger partial charge is 0.231 e. The molecule has 1 heterocycles. The van der Waals surface area contributed by atoms with Crippen LogP contribution in [0.25, 0.3) is 0 Å². The summed E-state index contributed by atoms with van der Waals surface area (Å²) in [5.74, 6) is 1.52. The fourth-order valence-corrected chi connectivity index (χ4v) is 2.16. The Kier molecular flexibility index (Phi) is 3.48. The van der Waals surface area contributed by atoms with Crippen molar-refractivity contribution in [3.8, 4) is 17.2 Å². The predicted octanol–water partition coefficient (Wildman–Crippen LogP) is 2.72. The highest BCUT2D eigenvalue weighted by Crippen LogP contribution is 2.37. The van der Waals surface area contributed by atoms with Crippen molar-refractivity contribution in [3.05, 3.63) is 53.1 Å². The van der Waals surface area contributed by atoms with Gasteiger partial charge in [0.05, 0.1) is 0 Å². The van der Waals surface area contributed by atoms with Gasteiger partial charge in [-0.3, -0.25) is 0 Å². The van der Waals surface area contributed by atoms with E-state index in [4.69, 9.17) is 9.47 Å². The Morgan fingerprint density at radius 3 is 2.50 bits per heavy atom. The SMILES string of the molecule is Cc1ccc(CNCc2cc3c(cc2O)OCO3)cc1. The maximum Gasteiger partial charge on any atom is 0.231 e. The third-order valence-corrected chi connectivity index (χ3v) is 3.34. The Balaban J connectivity index is 1.62. The molecular weight excluding hydrogens is 254 g/mol. The molecule has 0 amide bonds. The summed E-state index contributed by atoms with van der Waals surface area (Å²) >= 11 is 0. The quantitative estimate of drug-likeness (QED) is 0.897. The molecule has 1 aliphatic rings. The van der Waals surface area contributed by atoms with Crippen LogP contribution in [0.5, 0.6) is 17.2 Å². The summed E-state index contributed by atoms with van der Waals surface area (Å²) < 4.78 is 10.5. The van der Waals surface area contributed by atoms with Crippen molar-refractivity contribution in [1.82, 2.24) is 5.32 Å². The monoisotopic (exact) mass is 271 g/mol. The van der Waals surface area contributed by atoms with Crippen molar-refractivity contribution in [2.75, 3.05) is 6.79 Å². The van der Waals surface area contributed by atoms with Crippen LogP contribution < -0.4 is 14.8 Å². The molecule has 0 aromatic heterocycles. The zero-order chi connectivity index (χ0) is 13.9. The highest BCUT2D eigenvalue weighted by molar-refractivity contribution is 5.51. The van der Waals surface area contributed by atoms with E-state index in [2.05, 4.69) is 36.5 Å². The first-order valence-electron chi connectivity index (χ1n) is 6.60. The van der Waals surface area contributed by atoms with Gasteiger partial charge in [-0.05, 0) is 18.6 Å². The minimum Gasteiger partial charge on any atom is -0.507 e. The van der Waals surface area contributed by atoms with Gasteiger partial charge in [-0.1, -0.05) is 29.8 Å². The van der Waals surface area contributed by atoms with Gasteiger partial charge >= 0.3 is 0 Å². The number of ether oxygens (including phenoxy) is 2. The third kappa shape index (κ3) is 2.70. The van der Waals surface area contributed by atoms with E-state index in [0.717, 1.165) is 12.1 Å². The summed E-state index contributed by atoms with van der Waals surface area (Å²) in [4.78, 5) is 0. The molecule has 0 spiro atoms. The number of aryl methyl sites for hydroxylation is 1. The average Bonchev–Trinajstić information content (AvgIpc) is 2.88. The van der Waals surface area contributed by atoms with Gasteiger partial charge in [0.2, 0.25) is 6.79 Å². The van der Waals surface area contributed by atoms with E-state index in [1.165, 1.54) is 11.1 Å². The number of phenolic OH excluding ortho intramolecular Hbond substituents is 1. The number of hydrogen-bond donors (Lipinski definition) is 2. The molecule has 4 nitrogen and oxygen atoms in total. The van der Waals surface area contributed by atoms with Gasteiger partial charge in [0, 0.05) is 24.7 Å². The molecule has 0 saturated heterocycles. The summed E-state index contributed by atoms with van der Waals surface area (Å²) in [6, 6.07) is 11.8. The Bertz CT molecular complexity index is 608. The maximum absolute atomic E-state index is 9.93. The largest absolute Gasteiger partial charge is 0.507 e. The molecule has 4 heteroatoms. The molecule has 0 saturated carbocycles. The van der Waals surface area contributed by atoms with E-state index in [0.29, 0.717) is 18.0 Å². The van der Waals surface area contributed by atoms with E-state index in [-0.39, 0.29) is 12.5 Å². The van der Waals surface area contributed by atoms with Crippen molar-refractivity contribution < 1.29 is 14.6 Å². The lowest BCUT2D eigenvalue weighted by Gasteiger charge is -2.08. The second kappa shape index (κ2) is 5.43. The first-order valence-corrected chi connectivity index (χ1v) is 6.60. The van der Waals surface area contributed by atoms with Gasteiger partial charge in [-0.15, -0.1) is 0 Å². The van der Waals surface area contributed by atoms with E-state index < -0.39 is 0 Å². The number of hydrogen-bond acceptors (Lipinski definition) is 4. The minimum atomic E-state index is 0.217. The Hall–Kier alpha value is -2.20. The summed E-state index contributed by atoms with van der Waals surface area (Å²) in [5, 5.41) is 13.2. The fourth-order valence-electron chi connectivity index (χ4n) is 2.16. The lowest BCUT2D eigenvalue weighted by Crippen LogP contribution is -2.12. The standard InChI is InChI=1S/C16H17NO3/c1-11-2-4-12(5-3-11)8-17-9-13-6-15-16(7-14(13)18)20-10-19-15/h2-7,17-18H,8-10H2,1H3. The summed E-state index contributed by atoms with van der Waals surface area (Å²) in [5.41, 5.74) is 3.28. The predicted molar refractivity (Wildman–Crippen MR) is 76.0 cm³/mol. The lowest BCUT2D eigenvalue weighted by atomic mass is 10.1. The average molecular weight is 271 g/mol. The van der Waals surface area contributed by atoms with Crippen LogP contribution in [-0.2, 0) is 13.1 Å². The van der Waals surface area contributed by atoms with Gasteiger partial charge in [-0.25, -0.2) is 0 Å². The zero-order valence-corrected chi connectivity index (χ0v) is 11.3. The van der Waals surface area contributed by atoms with Crippen molar-refractivity contribution in [3.63, 3.8) is 0 Å². The van der Waals surface area contributed by atoms with Crippen LogP contribution in [0.4, 0.5) is 0 Å². The van der Waals surface area contributed by atoms with Gasteiger partial charge in [0.25, 0.3) is 0 Å². The molecule has 0 bridgehead atoms. The molecule has 2 N–H and O–H groups in total. The molecule has 1 aliphatic heterocycles. The zero-order valence-electron chi connectivity index (χ0n) is 11.3. The van der Waals surface area contributed by atoms with E-state index >= 15 is 0 Å². The van der Waals surface area contributed by atoms with E-state index in [1.807, 2.05) is 6.07 Å². The number of fused-ring (bicyclic) bond motifs is 1. The molecular formula is C16H17NO3. The molecule has 0 unspecified atom stereocenters. The summed E-state index contributed by atoms with van der Waals surface area (Å²) in [6.45, 7) is 3.63. The summed E-state index contributed by atoms with van der Waals surface area (Å²) in [7, 11) is 0. The third-order valence-electron chi connectivity index (χ3n) is 3.34. The summed E-state index contributed by atoms with van der Waals surface area (Å²) in [6.07, 6.45) is 0. The molecule has 0 aliphatic carbocycles. The maximum atomic E-state index is 9.93. The van der Waals surface area contributed by atoms with Crippen LogP contribution in [0.3, 0.4) is 0 Å². The Morgan fingerprint density at radius 1 is 1.05 bits per heavy atom. The molecule has 0 radical (unpaired) electrons. The van der Waals surface area contributed by atoms with Gasteiger partial charge in [0.1, 0.15) is 5.75 Å². The Labute approximate surface area is 118 Å². The molecule has 104 valence electrons. The second-order valence-corrected chi connectivity index (χ2v) is 4.92. The lowest BCUT2D eigenvalue weighted by molar-refractivity contribution is 0.174. The Morgan fingerprint density at radius 2 is 1.75 bits per heavy atom. The fraction of sp³-hybridized carbons (Fsp3) is 0.250. The van der Waals surface area contributed by atoms with Crippen molar-refractivity contribution in [2.45, 2.75) is 20.0 Å². The molecule has 2 aromatic carbocycles. The van der Waals surface area contributed by atoms with Gasteiger partial charge < -0.3 is 19.9 Å². The first-order chi connectivity index (χ1) is 9.72. The van der Waals surface area contributed by atoms with Crippen LogP contribution in [0, 0.1) is 6.92 Å². The number of aromatic hydroxyl groups is 1. The molecule has 0 fully saturated rings. The van der Waals surface area contributed by atoms with Crippen LogP contribution in [0.15, 0.2) is 36.4 Å². The topological polar surface area (TPSA) is 50.7 Å². The molecule has 20 heavy (non-hydrogen) atoms. The van der Waals surface area contributed by atoms with Crippen molar-refractivity contribution >= 4 is 0 Å². The van der Waals surface area contributed by atoms with Crippen molar-refractivity contribution in [2.24, 2.45) is 0 Å². The molecule has 0 atom stereocenters. The molecule has 3 rings (SSSR count).